The Labute approximate surface area is 153 Å². The Balaban J connectivity index is 1.88. The van der Waals surface area contributed by atoms with E-state index in [1.165, 1.54) is 0 Å². The molecule has 2 aromatic heterocycles. The number of benzene rings is 1. The second kappa shape index (κ2) is 7.23. The van der Waals surface area contributed by atoms with Crippen LogP contribution >= 0.6 is 0 Å². The quantitative estimate of drug-likeness (QED) is 0.764. The molecule has 2 heterocycles. The molecule has 1 aromatic carbocycles. The van der Waals surface area contributed by atoms with Gasteiger partial charge in [0.1, 0.15) is 0 Å². The number of anilines is 1. The van der Waals surface area contributed by atoms with Crippen LogP contribution in [0.3, 0.4) is 0 Å². The highest BCUT2D eigenvalue weighted by atomic mass is 16.1. The summed E-state index contributed by atoms with van der Waals surface area (Å²) < 4.78 is 1.75. The second-order valence-electron chi connectivity index (χ2n) is 6.72. The first-order valence-corrected chi connectivity index (χ1v) is 8.98. The lowest BCUT2D eigenvalue weighted by molar-refractivity contribution is -0.115. The molecular formula is C20H25N5O. The van der Waals surface area contributed by atoms with Crippen molar-refractivity contribution in [3.63, 3.8) is 0 Å². The monoisotopic (exact) mass is 351 g/mol. The fraction of sp³-hybridized carbons (Fsp3) is 0.400. The maximum Gasteiger partial charge on any atom is 0.252 e. The zero-order chi connectivity index (χ0) is 18.8. The van der Waals surface area contributed by atoms with Crippen molar-refractivity contribution in [2.24, 2.45) is 0 Å². The lowest BCUT2D eigenvalue weighted by atomic mass is 10.1. The van der Waals surface area contributed by atoms with E-state index in [0.717, 1.165) is 52.4 Å². The maximum atomic E-state index is 12.6. The molecule has 3 rings (SSSR count). The van der Waals surface area contributed by atoms with Crippen molar-refractivity contribution in [2.45, 2.75) is 53.9 Å². The molecule has 0 aliphatic heterocycles. The van der Waals surface area contributed by atoms with Gasteiger partial charge in [-0.05, 0) is 51.3 Å². The van der Waals surface area contributed by atoms with Gasteiger partial charge in [0.15, 0.2) is 5.82 Å². The van der Waals surface area contributed by atoms with Crippen LogP contribution in [0.5, 0.6) is 0 Å². The van der Waals surface area contributed by atoms with Gasteiger partial charge in [-0.1, -0.05) is 19.1 Å². The summed E-state index contributed by atoms with van der Waals surface area (Å²) in [7, 11) is 0. The Morgan fingerprint density at radius 1 is 1.15 bits per heavy atom. The predicted molar refractivity (Wildman–Crippen MR) is 103 cm³/mol. The molecule has 0 fully saturated rings. The summed E-state index contributed by atoms with van der Waals surface area (Å²) in [5.74, 6) is 1.33. The largest absolute Gasteiger partial charge is 0.326 e. The number of aromatic nitrogens is 4. The van der Waals surface area contributed by atoms with Crippen molar-refractivity contribution in [1.29, 1.82) is 0 Å². The van der Waals surface area contributed by atoms with E-state index in [0.29, 0.717) is 5.78 Å². The third-order valence-electron chi connectivity index (χ3n) is 4.78. The van der Waals surface area contributed by atoms with Crippen LogP contribution in [0.25, 0.3) is 5.78 Å². The molecular weight excluding hydrogens is 326 g/mol. The molecule has 0 spiro atoms. The van der Waals surface area contributed by atoms with Crippen LogP contribution in [0.15, 0.2) is 18.2 Å². The molecule has 136 valence electrons. The van der Waals surface area contributed by atoms with Gasteiger partial charge in [-0.2, -0.15) is 4.98 Å². The Morgan fingerprint density at radius 2 is 1.92 bits per heavy atom. The smallest absolute Gasteiger partial charge is 0.252 e. The minimum Gasteiger partial charge on any atom is -0.326 e. The number of carbonyl (C=O) groups excluding carboxylic acids is 1. The van der Waals surface area contributed by atoms with Gasteiger partial charge in [-0.15, -0.1) is 5.10 Å². The molecule has 3 aromatic rings. The van der Waals surface area contributed by atoms with Gasteiger partial charge in [-0.25, -0.2) is 9.50 Å². The molecule has 0 aliphatic carbocycles. The van der Waals surface area contributed by atoms with Crippen LogP contribution < -0.4 is 5.32 Å². The van der Waals surface area contributed by atoms with E-state index in [1.807, 2.05) is 45.9 Å². The summed E-state index contributed by atoms with van der Waals surface area (Å²) >= 11 is 0. The number of aryl methyl sites for hydroxylation is 4. The average molecular weight is 351 g/mol. The highest BCUT2D eigenvalue weighted by Crippen LogP contribution is 2.20. The average Bonchev–Trinajstić information content (AvgIpc) is 2.99. The van der Waals surface area contributed by atoms with Crippen molar-refractivity contribution < 1.29 is 4.79 Å². The fourth-order valence-electron chi connectivity index (χ4n) is 3.08. The summed E-state index contributed by atoms with van der Waals surface area (Å²) in [6.07, 6.45) is 2.07. The lowest BCUT2D eigenvalue weighted by Crippen LogP contribution is -2.18. The normalized spacial score (nSPS) is 11.1. The van der Waals surface area contributed by atoms with Crippen LogP contribution in [0, 0.1) is 27.7 Å². The number of nitrogens with zero attached hydrogens (tertiary/aromatic N) is 4. The van der Waals surface area contributed by atoms with Crippen molar-refractivity contribution in [3.05, 3.63) is 52.1 Å². The van der Waals surface area contributed by atoms with Gasteiger partial charge < -0.3 is 5.32 Å². The lowest BCUT2D eigenvalue weighted by Gasteiger charge is -2.13. The van der Waals surface area contributed by atoms with E-state index in [9.17, 15) is 4.79 Å². The first-order chi connectivity index (χ1) is 12.4. The minimum absolute atomic E-state index is 0.0556. The summed E-state index contributed by atoms with van der Waals surface area (Å²) in [4.78, 5) is 21.6. The molecule has 6 nitrogen and oxygen atoms in total. The maximum absolute atomic E-state index is 12.6. The van der Waals surface area contributed by atoms with Crippen LogP contribution in [-0.4, -0.2) is 25.5 Å². The topological polar surface area (TPSA) is 72.2 Å². The highest BCUT2D eigenvalue weighted by molar-refractivity contribution is 5.93. The first kappa shape index (κ1) is 18.0. The highest BCUT2D eigenvalue weighted by Gasteiger charge is 2.16. The summed E-state index contributed by atoms with van der Waals surface area (Å²) in [6, 6.07) is 5.91. The number of fused-ring (bicyclic) bond motifs is 1. The molecule has 1 amide bonds. The van der Waals surface area contributed by atoms with E-state index < -0.39 is 0 Å². The standard InChI is InChI=1S/C20H25N5O/c1-6-8-18-23-20-21-14(4)16(15(5)25(20)24-18)11-19(26)22-17-10-7-9-12(2)13(17)3/h7,9-10H,6,8,11H2,1-5H3,(H,22,26). The molecule has 0 atom stereocenters. The van der Waals surface area contributed by atoms with Crippen molar-refractivity contribution in [2.75, 3.05) is 5.32 Å². The van der Waals surface area contributed by atoms with Crippen molar-refractivity contribution >= 4 is 17.4 Å². The molecule has 0 saturated carbocycles. The number of nitrogens with one attached hydrogen (secondary N) is 1. The summed E-state index contributed by atoms with van der Waals surface area (Å²) in [6.45, 7) is 10.0. The van der Waals surface area contributed by atoms with Crippen LogP contribution in [0.2, 0.25) is 0 Å². The van der Waals surface area contributed by atoms with Crippen LogP contribution in [0.4, 0.5) is 5.69 Å². The number of amides is 1. The summed E-state index contributed by atoms with van der Waals surface area (Å²) in [5, 5.41) is 7.55. The number of hydrogen-bond acceptors (Lipinski definition) is 4. The Hall–Kier alpha value is -2.76. The molecule has 6 heteroatoms. The molecule has 0 bridgehead atoms. The van der Waals surface area contributed by atoms with E-state index >= 15 is 0 Å². The Kier molecular flexibility index (Phi) is 5.02. The van der Waals surface area contributed by atoms with Gasteiger partial charge in [0.05, 0.1) is 6.42 Å². The predicted octanol–water partition coefficient (Wildman–Crippen LogP) is 3.49. The van der Waals surface area contributed by atoms with Gasteiger partial charge in [0.25, 0.3) is 5.78 Å². The third kappa shape index (κ3) is 3.45. The zero-order valence-electron chi connectivity index (χ0n) is 16.1. The molecule has 0 saturated heterocycles. The van der Waals surface area contributed by atoms with E-state index in [1.54, 1.807) is 4.52 Å². The van der Waals surface area contributed by atoms with E-state index in [2.05, 4.69) is 27.3 Å². The summed E-state index contributed by atoms with van der Waals surface area (Å²) in [5.41, 5.74) is 5.73. The zero-order valence-corrected chi connectivity index (χ0v) is 16.1. The number of hydrogen-bond donors (Lipinski definition) is 1. The second-order valence-corrected chi connectivity index (χ2v) is 6.72. The molecule has 0 aliphatic rings. The van der Waals surface area contributed by atoms with Crippen LogP contribution in [-0.2, 0) is 17.6 Å². The van der Waals surface area contributed by atoms with Crippen molar-refractivity contribution in [3.8, 4) is 0 Å². The first-order valence-electron chi connectivity index (χ1n) is 8.98. The molecule has 0 radical (unpaired) electrons. The molecule has 0 unspecified atom stereocenters. The Morgan fingerprint density at radius 3 is 2.65 bits per heavy atom. The van der Waals surface area contributed by atoms with Gasteiger partial charge in [-0.3, -0.25) is 4.79 Å². The minimum atomic E-state index is -0.0556. The third-order valence-corrected chi connectivity index (χ3v) is 4.78. The van der Waals surface area contributed by atoms with E-state index in [-0.39, 0.29) is 12.3 Å². The number of carbonyl (C=O) groups is 1. The number of rotatable bonds is 5. The SMILES string of the molecule is CCCc1nc2nc(C)c(CC(=O)Nc3cccc(C)c3C)c(C)n2n1. The molecule has 1 N–H and O–H groups in total. The van der Waals surface area contributed by atoms with Gasteiger partial charge >= 0.3 is 0 Å². The van der Waals surface area contributed by atoms with Crippen LogP contribution in [0.1, 0.15) is 47.2 Å². The van der Waals surface area contributed by atoms with E-state index in [4.69, 9.17) is 0 Å². The van der Waals surface area contributed by atoms with Crippen molar-refractivity contribution in [1.82, 2.24) is 19.6 Å². The fourth-order valence-corrected chi connectivity index (χ4v) is 3.08. The Bertz CT molecular complexity index is 974. The molecule has 26 heavy (non-hydrogen) atoms. The van der Waals surface area contributed by atoms with Gasteiger partial charge in [0.2, 0.25) is 5.91 Å². The van der Waals surface area contributed by atoms with Gasteiger partial charge in [0, 0.05) is 29.1 Å².